The molecule has 0 aromatic carbocycles. The Morgan fingerprint density at radius 2 is 2.00 bits per heavy atom. The van der Waals surface area contributed by atoms with E-state index in [-0.39, 0.29) is 12.5 Å². The standard InChI is InChI=1S/C10H20O5/c1-9(8-10(11)12)15-5-3-4-14-7-6-13-2/h9H,3-8H2,1-2H3,(H,11,12)/t9-/m0/s1. The fraction of sp³-hybridized carbons (Fsp3) is 0.900. The van der Waals surface area contributed by atoms with E-state index in [1.807, 2.05) is 0 Å². The summed E-state index contributed by atoms with van der Waals surface area (Å²) in [6.07, 6.45) is 0.583. The van der Waals surface area contributed by atoms with Gasteiger partial charge in [-0.1, -0.05) is 0 Å². The van der Waals surface area contributed by atoms with Crippen molar-refractivity contribution in [2.24, 2.45) is 0 Å². The molecule has 15 heavy (non-hydrogen) atoms. The summed E-state index contributed by atoms with van der Waals surface area (Å²) < 4.78 is 15.3. The molecule has 0 heterocycles. The highest BCUT2D eigenvalue weighted by atomic mass is 16.5. The molecule has 90 valence electrons. The molecule has 0 saturated carbocycles. The fourth-order valence-corrected chi connectivity index (χ4v) is 0.995. The first-order chi connectivity index (χ1) is 7.16. The van der Waals surface area contributed by atoms with Crippen LogP contribution in [0.25, 0.3) is 0 Å². The number of hydrogen-bond acceptors (Lipinski definition) is 4. The van der Waals surface area contributed by atoms with Gasteiger partial charge in [0.25, 0.3) is 0 Å². The molecule has 0 aliphatic rings. The quantitative estimate of drug-likeness (QED) is 0.554. The minimum atomic E-state index is -0.834. The zero-order valence-corrected chi connectivity index (χ0v) is 9.40. The number of aliphatic carboxylic acids is 1. The topological polar surface area (TPSA) is 65.0 Å². The van der Waals surface area contributed by atoms with Gasteiger partial charge in [0.15, 0.2) is 0 Å². The number of carbonyl (C=O) groups is 1. The molecule has 0 unspecified atom stereocenters. The maximum atomic E-state index is 10.3. The number of methoxy groups -OCH3 is 1. The molecule has 0 saturated heterocycles. The van der Waals surface area contributed by atoms with Gasteiger partial charge in [-0.25, -0.2) is 0 Å². The second-order valence-corrected chi connectivity index (χ2v) is 3.24. The number of carboxylic acid groups (broad SMARTS) is 1. The molecule has 5 nitrogen and oxygen atoms in total. The number of hydrogen-bond donors (Lipinski definition) is 1. The van der Waals surface area contributed by atoms with Gasteiger partial charge in [-0.3, -0.25) is 4.79 Å². The predicted molar refractivity (Wildman–Crippen MR) is 55.0 cm³/mol. The lowest BCUT2D eigenvalue weighted by molar-refractivity contribution is -0.139. The first-order valence-corrected chi connectivity index (χ1v) is 5.07. The third kappa shape index (κ3) is 11.3. The zero-order valence-electron chi connectivity index (χ0n) is 9.40. The van der Waals surface area contributed by atoms with Crippen LogP contribution in [0.2, 0.25) is 0 Å². The zero-order chi connectivity index (χ0) is 11.5. The Kier molecular flexibility index (Phi) is 9.46. The van der Waals surface area contributed by atoms with Crippen LogP contribution in [0.4, 0.5) is 0 Å². The van der Waals surface area contributed by atoms with E-state index in [1.54, 1.807) is 14.0 Å². The van der Waals surface area contributed by atoms with Crippen molar-refractivity contribution >= 4 is 5.97 Å². The van der Waals surface area contributed by atoms with Gasteiger partial charge in [0, 0.05) is 20.3 Å². The highest BCUT2D eigenvalue weighted by molar-refractivity contribution is 5.67. The van der Waals surface area contributed by atoms with Gasteiger partial charge >= 0.3 is 5.97 Å². The molecule has 1 atom stereocenters. The van der Waals surface area contributed by atoms with Crippen LogP contribution in [0.5, 0.6) is 0 Å². The number of rotatable bonds is 10. The van der Waals surface area contributed by atoms with E-state index >= 15 is 0 Å². The lowest BCUT2D eigenvalue weighted by Crippen LogP contribution is -2.15. The second kappa shape index (κ2) is 9.89. The highest BCUT2D eigenvalue weighted by Gasteiger charge is 2.06. The minimum absolute atomic E-state index is 0.0462. The Labute approximate surface area is 90.3 Å². The smallest absolute Gasteiger partial charge is 0.305 e. The number of ether oxygens (including phenoxy) is 3. The van der Waals surface area contributed by atoms with Crippen molar-refractivity contribution in [1.82, 2.24) is 0 Å². The van der Waals surface area contributed by atoms with E-state index in [2.05, 4.69) is 0 Å². The van der Waals surface area contributed by atoms with Crippen LogP contribution in [0.15, 0.2) is 0 Å². The lowest BCUT2D eigenvalue weighted by atomic mass is 10.3. The van der Waals surface area contributed by atoms with Crippen LogP contribution in [0.3, 0.4) is 0 Å². The van der Waals surface area contributed by atoms with E-state index < -0.39 is 5.97 Å². The largest absolute Gasteiger partial charge is 0.481 e. The summed E-state index contributed by atoms with van der Waals surface area (Å²) in [4.78, 5) is 10.3. The molecule has 0 bridgehead atoms. The van der Waals surface area contributed by atoms with Gasteiger partial charge in [-0.15, -0.1) is 0 Å². The summed E-state index contributed by atoms with van der Waals surface area (Å²) in [7, 11) is 1.63. The molecular weight excluding hydrogens is 200 g/mol. The van der Waals surface area contributed by atoms with Crippen LogP contribution < -0.4 is 0 Å². The fourth-order valence-electron chi connectivity index (χ4n) is 0.995. The van der Waals surface area contributed by atoms with Crippen molar-refractivity contribution in [3.05, 3.63) is 0 Å². The third-order valence-electron chi connectivity index (χ3n) is 1.73. The SMILES string of the molecule is COCCOCCCO[C@@H](C)CC(=O)O. The molecule has 0 aromatic heterocycles. The van der Waals surface area contributed by atoms with Crippen molar-refractivity contribution in [3.8, 4) is 0 Å². The normalized spacial score (nSPS) is 12.7. The van der Waals surface area contributed by atoms with Crippen molar-refractivity contribution in [2.45, 2.75) is 25.9 Å². The Balaban J connectivity index is 3.13. The molecule has 0 rings (SSSR count). The van der Waals surface area contributed by atoms with Crippen molar-refractivity contribution in [1.29, 1.82) is 0 Å². The molecule has 0 aliphatic heterocycles. The van der Waals surface area contributed by atoms with Gasteiger partial charge in [-0.05, 0) is 13.3 Å². The Morgan fingerprint density at radius 3 is 2.60 bits per heavy atom. The summed E-state index contributed by atoms with van der Waals surface area (Å²) in [6.45, 7) is 4.07. The van der Waals surface area contributed by atoms with Crippen LogP contribution in [-0.2, 0) is 19.0 Å². The van der Waals surface area contributed by atoms with Crippen molar-refractivity contribution < 1.29 is 24.1 Å². The molecule has 0 radical (unpaired) electrons. The Morgan fingerprint density at radius 1 is 1.27 bits per heavy atom. The summed E-state index contributed by atoms with van der Waals surface area (Å²) >= 11 is 0. The maximum absolute atomic E-state index is 10.3. The minimum Gasteiger partial charge on any atom is -0.481 e. The lowest BCUT2D eigenvalue weighted by Gasteiger charge is -2.10. The highest BCUT2D eigenvalue weighted by Crippen LogP contribution is 1.98. The van der Waals surface area contributed by atoms with Crippen LogP contribution in [0, 0.1) is 0 Å². The second-order valence-electron chi connectivity index (χ2n) is 3.24. The molecule has 0 aliphatic carbocycles. The maximum Gasteiger partial charge on any atom is 0.305 e. The van der Waals surface area contributed by atoms with Crippen molar-refractivity contribution in [2.75, 3.05) is 33.5 Å². The third-order valence-corrected chi connectivity index (χ3v) is 1.73. The molecule has 5 heteroatoms. The summed E-state index contributed by atoms with van der Waals surface area (Å²) in [6, 6.07) is 0. The van der Waals surface area contributed by atoms with E-state index in [9.17, 15) is 4.79 Å². The van der Waals surface area contributed by atoms with E-state index in [0.29, 0.717) is 26.4 Å². The average Bonchev–Trinajstić information content (AvgIpc) is 2.15. The molecule has 1 N–H and O–H groups in total. The van der Waals surface area contributed by atoms with Crippen LogP contribution in [-0.4, -0.2) is 50.7 Å². The summed E-state index contributed by atoms with van der Waals surface area (Å²) in [5.41, 5.74) is 0. The van der Waals surface area contributed by atoms with Gasteiger partial charge in [0.05, 0.1) is 25.7 Å². The molecule has 0 amide bonds. The first-order valence-electron chi connectivity index (χ1n) is 5.07. The van der Waals surface area contributed by atoms with Gasteiger partial charge < -0.3 is 19.3 Å². The van der Waals surface area contributed by atoms with Gasteiger partial charge in [0.2, 0.25) is 0 Å². The van der Waals surface area contributed by atoms with E-state index in [4.69, 9.17) is 19.3 Å². The Hall–Kier alpha value is -0.650. The van der Waals surface area contributed by atoms with Gasteiger partial charge in [0.1, 0.15) is 0 Å². The molecule has 0 aromatic rings. The first kappa shape index (κ1) is 14.3. The predicted octanol–water partition coefficient (Wildman–Crippen LogP) is 0.919. The van der Waals surface area contributed by atoms with Gasteiger partial charge in [-0.2, -0.15) is 0 Å². The summed E-state index contributed by atoms with van der Waals surface area (Å²) in [5, 5.41) is 8.47. The molecule has 0 fully saturated rings. The average molecular weight is 220 g/mol. The van der Waals surface area contributed by atoms with Crippen molar-refractivity contribution in [3.63, 3.8) is 0 Å². The van der Waals surface area contributed by atoms with Crippen LogP contribution in [0.1, 0.15) is 19.8 Å². The number of carboxylic acids is 1. The van der Waals surface area contributed by atoms with Crippen LogP contribution >= 0.6 is 0 Å². The molecule has 0 spiro atoms. The summed E-state index contributed by atoms with van der Waals surface area (Å²) in [5.74, 6) is -0.834. The van der Waals surface area contributed by atoms with E-state index in [0.717, 1.165) is 6.42 Å². The van der Waals surface area contributed by atoms with E-state index in [1.165, 1.54) is 0 Å². The molecular formula is C10H20O5. The monoisotopic (exact) mass is 220 g/mol. The Bertz CT molecular complexity index is 160.